The van der Waals surface area contributed by atoms with Crippen LogP contribution in [0.5, 0.6) is 5.75 Å². The number of amides is 1. The van der Waals surface area contributed by atoms with Gasteiger partial charge in [-0.2, -0.15) is 0 Å². The van der Waals surface area contributed by atoms with Gasteiger partial charge in [0.15, 0.2) is 0 Å². The van der Waals surface area contributed by atoms with Crippen molar-refractivity contribution in [3.05, 3.63) is 82.5 Å². The number of anilines is 1. The van der Waals surface area contributed by atoms with Gasteiger partial charge >= 0.3 is 5.97 Å². The number of hydrogen-bond donors (Lipinski definition) is 1. The third kappa shape index (κ3) is 5.26. The summed E-state index contributed by atoms with van der Waals surface area (Å²) in [5, 5.41) is 2.59. The third-order valence-electron chi connectivity index (χ3n) is 3.78. The van der Waals surface area contributed by atoms with Crippen LogP contribution in [0.25, 0.3) is 0 Å². The van der Waals surface area contributed by atoms with E-state index < -0.39 is 17.7 Å². The van der Waals surface area contributed by atoms with Gasteiger partial charge in [0.1, 0.15) is 29.7 Å². The molecule has 9 heteroatoms. The van der Waals surface area contributed by atoms with E-state index >= 15 is 0 Å². The Morgan fingerprint density at radius 2 is 1.93 bits per heavy atom. The SMILES string of the molecule is COC(=O)c1ccc(C(=O)Nc2ccc(COc3ccc(F)c(Cl)c3)cn2)nc1. The van der Waals surface area contributed by atoms with Crippen molar-refractivity contribution in [2.75, 3.05) is 12.4 Å². The van der Waals surface area contributed by atoms with Crippen LogP contribution >= 0.6 is 11.6 Å². The summed E-state index contributed by atoms with van der Waals surface area (Å²) in [7, 11) is 1.26. The first-order chi connectivity index (χ1) is 14.0. The second-order valence-corrected chi connectivity index (χ2v) is 6.20. The van der Waals surface area contributed by atoms with Crippen LogP contribution in [0.4, 0.5) is 10.2 Å². The van der Waals surface area contributed by atoms with Crippen molar-refractivity contribution in [2.24, 2.45) is 0 Å². The fourth-order valence-electron chi connectivity index (χ4n) is 2.26. The molecule has 0 saturated carbocycles. The Hall–Kier alpha value is -3.52. The molecule has 0 saturated heterocycles. The lowest BCUT2D eigenvalue weighted by Gasteiger charge is -2.08. The molecule has 2 aromatic heterocycles. The highest BCUT2D eigenvalue weighted by Crippen LogP contribution is 2.22. The fourth-order valence-corrected chi connectivity index (χ4v) is 2.43. The first-order valence-corrected chi connectivity index (χ1v) is 8.72. The Balaban J connectivity index is 1.57. The number of nitrogens with one attached hydrogen (secondary N) is 1. The average Bonchev–Trinajstić information content (AvgIpc) is 2.75. The highest BCUT2D eigenvalue weighted by atomic mass is 35.5. The molecule has 1 aromatic carbocycles. The molecule has 3 rings (SSSR count). The summed E-state index contributed by atoms with van der Waals surface area (Å²) in [6.07, 6.45) is 2.80. The van der Waals surface area contributed by atoms with E-state index in [0.29, 0.717) is 11.6 Å². The number of carbonyl (C=O) groups is 2. The van der Waals surface area contributed by atoms with Crippen molar-refractivity contribution in [2.45, 2.75) is 6.61 Å². The normalized spacial score (nSPS) is 10.3. The van der Waals surface area contributed by atoms with Gasteiger partial charge in [0.2, 0.25) is 0 Å². The van der Waals surface area contributed by atoms with E-state index in [4.69, 9.17) is 16.3 Å². The number of nitrogens with zero attached hydrogens (tertiary/aromatic N) is 2. The minimum absolute atomic E-state index is 0.0214. The van der Waals surface area contributed by atoms with Crippen molar-refractivity contribution in [3.63, 3.8) is 0 Å². The molecule has 0 aliphatic carbocycles. The molecule has 1 N–H and O–H groups in total. The van der Waals surface area contributed by atoms with E-state index in [9.17, 15) is 14.0 Å². The van der Waals surface area contributed by atoms with Gasteiger partial charge in [0, 0.05) is 24.0 Å². The van der Waals surface area contributed by atoms with Gasteiger partial charge < -0.3 is 14.8 Å². The third-order valence-corrected chi connectivity index (χ3v) is 4.07. The minimum atomic E-state index is -0.535. The van der Waals surface area contributed by atoms with E-state index in [0.717, 1.165) is 5.56 Å². The van der Waals surface area contributed by atoms with Crippen LogP contribution in [0, 0.1) is 5.82 Å². The molecule has 148 valence electrons. The summed E-state index contributed by atoms with van der Waals surface area (Å²) in [6, 6.07) is 10.3. The zero-order valence-electron chi connectivity index (χ0n) is 15.2. The van der Waals surface area contributed by atoms with Crippen molar-refractivity contribution >= 4 is 29.3 Å². The van der Waals surface area contributed by atoms with Crippen LogP contribution in [0.2, 0.25) is 5.02 Å². The number of pyridine rings is 2. The maximum atomic E-state index is 13.1. The number of halogens is 2. The Morgan fingerprint density at radius 3 is 2.55 bits per heavy atom. The molecule has 0 spiro atoms. The lowest BCUT2D eigenvalue weighted by molar-refractivity contribution is 0.0600. The highest BCUT2D eigenvalue weighted by Gasteiger charge is 2.11. The van der Waals surface area contributed by atoms with Gasteiger partial charge in [-0.3, -0.25) is 9.78 Å². The maximum Gasteiger partial charge on any atom is 0.339 e. The highest BCUT2D eigenvalue weighted by molar-refractivity contribution is 6.30. The van der Waals surface area contributed by atoms with Gasteiger partial charge in [-0.25, -0.2) is 14.2 Å². The lowest BCUT2D eigenvalue weighted by Crippen LogP contribution is -2.15. The molecule has 0 radical (unpaired) electrons. The number of rotatable bonds is 6. The van der Waals surface area contributed by atoms with Crippen molar-refractivity contribution in [3.8, 4) is 5.75 Å². The van der Waals surface area contributed by atoms with Gasteiger partial charge in [-0.1, -0.05) is 17.7 Å². The molecule has 7 nitrogen and oxygen atoms in total. The number of esters is 1. The quantitative estimate of drug-likeness (QED) is 0.614. The Bertz CT molecular complexity index is 1030. The number of benzene rings is 1. The molecule has 0 aliphatic heterocycles. The molecular weight excluding hydrogens is 401 g/mol. The second-order valence-electron chi connectivity index (χ2n) is 5.79. The predicted molar refractivity (Wildman–Crippen MR) is 104 cm³/mol. The zero-order chi connectivity index (χ0) is 20.8. The number of methoxy groups -OCH3 is 1. The average molecular weight is 416 g/mol. The summed E-state index contributed by atoms with van der Waals surface area (Å²) in [5.74, 6) is -0.779. The molecule has 0 unspecified atom stereocenters. The molecule has 0 fully saturated rings. The minimum Gasteiger partial charge on any atom is -0.489 e. The monoisotopic (exact) mass is 415 g/mol. The molecule has 0 bridgehead atoms. The maximum absolute atomic E-state index is 13.1. The summed E-state index contributed by atoms with van der Waals surface area (Å²) in [5.41, 5.74) is 1.11. The first kappa shape index (κ1) is 20.2. The Labute approximate surface area is 170 Å². The van der Waals surface area contributed by atoms with Crippen LogP contribution < -0.4 is 10.1 Å². The molecule has 1 amide bonds. The van der Waals surface area contributed by atoms with Crippen LogP contribution in [-0.4, -0.2) is 29.0 Å². The fraction of sp³-hybridized carbons (Fsp3) is 0.100. The van der Waals surface area contributed by atoms with Crippen molar-refractivity contribution in [1.82, 2.24) is 9.97 Å². The van der Waals surface area contributed by atoms with E-state index in [-0.39, 0.29) is 22.9 Å². The number of carbonyl (C=O) groups excluding carboxylic acids is 2. The van der Waals surface area contributed by atoms with E-state index in [1.54, 1.807) is 12.1 Å². The van der Waals surface area contributed by atoms with Gasteiger partial charge in [0.25, 0.3) is 5.91 Å². The predicted octanol–water partition coefficient (Wildman–Crippen LogP) is 3.89. The molecule has 0 atom stereocenters. The number of hydrogen-bond acceptors (Lipinski definition) is 6. The zero-order valence-corrected chi connectivity index (χ0v) is 15.9. The Kier molecular flexibility index (Phi) is 6.36. The molecular formula is C20H15ClFN3O4. The van der Waals surface area contributed by atoms with Gasteiger partial charge in [-0.05, 0) is 30.3 Å². The summed E-state index contributed by atoms with van der Waals surface area (Å²) in [4.78, 5) is 31.7. The topological polar surface area (TPSA) is 90.4 Å². The smallest absolute Gasteiger partial charge is 0.339 e. The van der Waals surface area contributed by atoms with E-state index in [1.165, 1.54) is 49.8 Å². The molecule has 2 heterocycles. The summed E-state index contributed by atoms with van der Waals surface area (Å²) < 4.78 is 23.3. The second kappa shape index (κ2) is 9.11. The standard InChI is InChI=1S/C20H15ClFN3O4/c1-28-20(27)13-3-6-17(23-10-13)19(26)25-18-7-2-12(9-24-18)11-29-14-4-5-16(22)15(21)8-14/h2-10H,11H2,1H3,(H,24,25,26). The van der Waals surface area contributed by atoms with Crippen LogP contribution in [0.3, 0.4) is 0 Å². The molecule has 3 aromatic rings. The van der Waals surface area contributed by atoms with E-state index in [1.807, 2.05) is 0 Å². The van der Waals surface area contributed by atoms with Crippen molar-refractivity contribution < 1.29 is 23.5 Å². The van der Waals surface area contributed by atoms with Crippen LogP contribution in [0.15, 0.2) is 54.9 Å². The molecule has 0 aliphatic rings. The molecule has 29 heavy (non-hydrogen) atoms. The summed E-state index contributed by atoms with van der Waals surface area (Å²) in [6.45, 7) is 0.194. The van der Waals surface area contributed by atoms with E-state index in [2.05, 4.69) is 20.0 Å². The summed E-state index contributed by atoms with van der Waals surface area (Å²) >= 11 is 5.71. The van der Waals surface area contributed by atoms with Gasteiger partial charge in [-0.15, -0.1) is 0 Å². The van der Waals surface area contributed by atoms with Crippen LogP contribution in [-0.2, 0) is 11.3 Å². The number of aromatic nitrogens is 2. The van der Waals surface area contributed by atoms with Crippen molar-refractivity contribution in [1.29, 1.82) is 0 Å². The lowest BCUT2D eigenvalue weighted by atomic mass is 10.2. The number of ether oxygens (including phenoxy) is 2. The van der Waals surface area contributed by atoms with Crippen LogP contribution in [0.1, 0.15) is 26.4 Å². The Morgan fingerprint density at radius 1 is 1.10 bits per heavy atom. The largest absolute Gasteiger partial charge is 0.489 e. The first-order valence-electron chi connectivity index (χ1n) is 8.35. The van der Waals surface area contributed by atoms with Gasteiger partial charge in [0.05, 0.1) is 17.7 Å².